The number of likely N-dealkylation sites (tertiary alicyclic amines) is 1. The summed E-state index contributed by atoms with van der Waals surface area (Å²) in [6.07, 6.45) is 0.746. The molecule has 1 N–H and O–H groups in total. The Labute approximate surface area is 178 Å². The summed E-state index contributed by atoms with van der Waals surface area (Å²) in [7, 11) is 4.41. The Morgan fingerprint density at radius 2 is 1.52 bits per heavy atom. The van der Waals surface area contributed by atoms with Crippen LogP contribution < -0.4 is 19.5 Å². The Hall–Kier alpha value is -3.36. The second-order valence-corrected chi connectivity index (χ2v) is 7.07. The molecule has 1 fully saturated rings. The lowest BCUT2D eigenvalue weighted by molar-refractivity contribution is -0.121. The van der Waals surface area contributed by atoms with Gasteiger partial charge >= 0.3 is 0 Å². The number of halogens is 2. The van der Waals surface area contributed by atoms with Crippen molar-refractivity contribution in [2.24, 2.45) is 5.92 Å². The van der Waals surface area contributed by atoms with E-state index in [-0.39, 0.29) is 5.91 Å². The molecule has 0 aromatic heterocycles. The topological polar surface area (TPSA) is 77.1 Å². The minimum absolute atomic E-state index is 0.238. The molecule has 166 valence electrons. The largest absolute Gasteiger partial charge is 0.493 e. The SMILES string of the molecule is COc1cc(C(=O)N2CCC(C(=O)Nc3c(F)cccc3F)CC2)cc(OC)c1OC. The highest BCUT2D eigenvalue weighted by atomic mass is 19.1. The summed E-state index contributed by atoms with van der Waals surface area (Å²) in [4.78, 5) is 27.0. The lowest BCUT2D eigenvalue weighted by Gasteiger charge is -2.31. The van der Waals surface area contributed by atoms with Crippen LogP contribution in [0.4, 0.5) is 14.5 Å². The predicted octanol–water partition coefficient (Wildman–Crippen LogP) is 3.48. The Morgan fingerprint density at radius 3 is 2.00 bits per heavy atom. The molecule has 0 saturated carbocycles. The van der Waals surface area contributed by atoms with Crippen LogP contribution in [0.1, 0.15) is 23.2 Å². The van der Waals surface area contributed by atoms with E-state index in [2.05, 4.69) is 5.32 Å². The summed E-state index contributed by atoms with van der Waals surface area (Å²) in [5, 5.41) is 2.33. The average Bonchev–Trinajstić information content (AvgIpc) is 2.79. The lowest BCUT2D eigenvalue weighted by Crippen LogP contribution is -2.41. The molecule has 0 radical (unpaired) electrons. The first-order valence-corrected chi connectivity index (χ1v) is 9.73. The van der Waals surface area contributed by atoms with Crippen LogP contribution >= 0.6 is 0 Å². The van der Waals surface area contributed by atoms with Crippen LogP contribution in [-0.4, -0.2) is 51.1 Å². The van der Waals surface area contributed by atoms with Gasteiger partial charge in [-0.05, 0) is 37.1 Å². The van der Waals surface area contributed by atoms with Gasteiger partial charge in [0.15, 0.2) is 11.5 Å². The number of nitrogens with zero attached hydrogens (tertiary/aromatic N) is 1. The molecule has 2 aromatic carbocycles. The Bertz CT molecular complexity index is 929. The molecule has 0 spiro atoms. The molecule has 31 heavy (non-hydrogen) atoms. The minimum Gasteiger partial charge on any atom is -0.493 e. The summed E-state index contributed by atoms with van der Waals surface area (Å²) in [5.41, 5.74) is -0.0886. The van der Waals surface area contributed by atoms with Gasteiger partial charge in [0.2, 0.25) is 11.7 Å². The molecule has 1 heterocycles. The van der Waals surface area contributed by atoms with Crippen molar-refractivity contribution in [1.82, 2.24) is 4.90 Å². The second kappa shape index (κ2) is 9.63. The van der Waals surface area contributed by atoms with Gasteiger partial charge in [0, 0.05) is 24.6 Å². The maximum absolute atomic E-state index is 13.8. The molecule has 0 aliphatic carbocycles. The van der Waals surface area contributed by atoms with Crippen molar-refractivity contribution in [2.45, 2.75) is 12.8 Å². The second-order valence-electron chi connectivity index (χ2n) is 7.07. The van der Waals surface area contributed by atoms with E-state index < -0.39 is 29.1 Å². The number of methoxy groups -OCH3 is 3. The zero-order valence-corrected chi connectivity index (χ0v) is 17.5. The number of rotatable bonds is 6. The van der Waals surface area contributed by atoms with Gasteiger partial charge in [-0.3, -0.25) is 9.59 Å². The van der Waals surface area contributed by atoms with Crippen molar-refractivity contribution >= 4 is 17.5 Å². The zero-order chi connectivity index (χ0) is 22.5. The standard InChI is InChI=1S/C22H24F2N2O5/c1-29-17-11-14(12-18(30-2)20(17)31-3)22(28)26-9-7-13(8-10-26)21(27)25-19-15(23)5-4-6-16(19)24/h4-6,11-13H,7-10H2,1-3H3,(H,25,27). The molecule has 7 nitrogen and oxygen atoms in total. The van der Waals surface area contributed by atoms with Gasteiger partial charge in [0.1, 0.15) is 17.3 Å². The third-order valence-electron chi connectivity index (χ3n) is 5.28. The molecule has 0 bridgehead atoms. The number of hydrogen-bond donors (Lipinski definition) is 1. The molecular weight excluding hydrogens is 410 g/mol. The summed E-state index contributed by atoms with van der Waals surface area (Å²) in [6, 6.07) is 6.54. The quantitative estimate of drug-likeness (QED) is 0.753. The van der Waals surface area contributed by atoms with Gasteiger partial charge in [-0.1, -0.05) is 6.07 Å². The van der Waals surface area contributed by atoms with Gasteiger partial charge in [0.05, 0.1) is 21.3 Å². The number of anilines is 1. The maximum Gasteiger partial charge on any atom is 0.254 e. The van der Waals surface area contributed by atoms with Crippen LogP contribution in [0.3, 0.4) is 0 Å². The number of carbonyl (C=O) groups excluding carboxylic acids is 2. The summed E-state index contributed by atoms with van der Waals surface area (Å²) in [5.74, 6) is -1.70. The van der Waals surface area contributed by atoms with Crippen molar-refractivity contribution < 1.29 is 32.6 Å². The number of ether oxygens (including phenoxy) is 3. The van der Waals surface area contributed by atoms with Gasteiger partial charge in [0.25, 0.3) is 5.91 Å². The molecular formula is C22H24F2N2O5. The molecule has 1 aliphatic rings. The number of hydrogen-bond acceptors (Lipinski definition) is 5. The van der Waals surface area contributed by atoms with Crippen LogP contribution in [0.25, 0.3) is 0 Å². The first-order valence-electron chi connectivity index (χ1n) is 9.73. The summed E-state index contributed by atoms with van der Waals surface area (Å²) < 4.78 is 43.4. The average molecular weight is 434 g/mol. The van der Waals surface area contributed by atoms with Crippen LogP contribution in [0.15, 0.2) is 30.3 Å². The lowest BCUT2D eigenvalue weighted by atomic mass is 9.95. The fourth-order valence-electron chi connectivity index (χ4n) is 3.57. The smallest absolute Gasteiger partial charge is 0.254 e. The molecule has 9 heteroatoms. The molecule has 1 aliphatic heterocycles. The molecule has 3 rings (SSSR count). The molecule has 0 unspecified atom stereocenters. The van der Waals surface area contributed by atoms with Crippen molar-refractivity contribution in [3.8, 4) is 17.2 Å². The van der Waals surface area contributed by atoms with E-state index in [1.54, 1.807) is 17.0 Å². The molecule has 2 amide bonds. The fraction of sp³-hybridized carbons (Fsp3) is 0.364. The highest BCUT2D eigenvalue weighted by molar-refractivity contribution is 5.96. The Morgan fingerprint density at radius 1 is 0.968 bits per heavy atom. The number of nitrogens with one attached hydrogen (secondary N) is 1. The van der Waals surface area contributed by atoms with E-state index in [0.717, 1.165) is 12.1 Å². The van der Waals surface area contributed by atoms with Gasteiger partial charge in [-0.15, -0.1) is 0 Å². The Balaban J connectivity index is 1.67. The van der Waals surface area contributed by atoms with Gasteiger partial charge in [-0.2, -0.15) is 0 Å². The van der Waals surface area contributed by atoms with E-state index in [9.17, 15) is 18.4 Å². The Kier molecular flexibility index (Phi) is 6.94. The predicted molar refractivity (Wildman–Crippen MR) is 110 cm³/mol. The van der Waals surface area contributed by atoms with E-state index in [0.29, 0.717) is 48.7 Å². The molecule has 1 saturated heterocycles. The van der Waals surface area contributed by atoms with E-state index in [1.807, 2.05) is 0 Å². The first-order chi connectivity index (χ1) is 14.9. The summed E-state index contributed by atoms with van der Waals surface area (Å²) >= 11 is 0. The van der Waals surface area contributed by atoms with Gasteiger partial charge in [-0.25, -0.2) is 8.78 Å². The van der Waals surface area contributed by atoms with Crippen LogP contribution in [0.5, 0.6) is 17.2 Å². The number of carbonyl (C=O) groups is 2. The monoisotopic (exact) mass is 434 g/mol. The number of piperidine rings is 1. The van der Waals surface area contributed by atoms with Crippen molar-refractivity contribution in [2.75, 3.05) is 39.7 Å². The van der Waals surface area contributed by atoms with E-state index in [1.165, 1.54) is 27.4 Å². The fourth-order valence-corrected chi connectivity index (χ4v) is 3.57. The normalized spacial score (nSPS) is 14.2. The van der Waals surface area contributed by atoms with Crippen LogP contribution in [0.2, 0.25) is 0 Å². The first kappa shape index (κ1) is 22.3. The number of para-hydroxylation sites is 1. The highest BCUT2D eigenvalue weighted by Gasteiger charge is 2.29. The van der Waals surface area contributed by atoms with Crippen molar-refractivity contribution in [3.63, 3.8) is 0 Å². The van der Waals surface area contributed by atoms with E-state index >= 15 is 0 Å². The van der Waals surface area contributed by atoms with E-state index in [4.69, 9.17) is 14.2 Å². The van der Waals surface area contributed by atoms with Crippen molar-refractivity contribution in [1.29, 1.82) is 0 Å². The minimum atomic E-state index is -0.830. The third-order valence-corrected chi connectivity index (χ3v) is 5.28. The number of amides is 2. The molecule has 2 aromatic rings. The third kappa shape index (κ3) is 4.70. The van der Waals surface area contributed by atoms with Crippen LogP contribution in [0, 0.1) is 17.6 Å². The maximum atomic E-state index is 13.8. The van der Waals surface area contributed by atoms with Crippen LogP contribution in [-0.2, 0) is 4.79 Å². The summed E-state index contributed by atoms with van der Waals surface area (Å²) in [6.45, 7) is 0.653. The number of benzene rings is 2. The van der Waals surface area contributed by atoms with Crippen molar-refractivity contribution in [3.05, 3.63) is 47.5 Å². The highest BCUT2D eigenvalue weighted by Crippen LogP contribution is 2.38. The zero-order valence-electron chi connectivity index (χ0n) is 17.5. The van der Waals surface area contributed by atoms with Gasteiger partial charge < -0.3 is 24.4 Å². The molecule has 0 atom stereocenters.